The van der Waals surface area contributed by atoms with Gasteiger partial charge < -0.3 is 9.80 Å². The van der Waals surface area contributed by atoms with Crippen LogP contribution < -0.4 is 9.80 Å². The van der Waals surface area contributed by atoms with Crippen molar-refractivity contribution in [3.63, 3.8) is 0 Å². The third-order valence-electron chi connectivity index (χ3n) is 21.4. The Morgan fingerprint density at radius 3 is 1.21 bits per heavy atom. The minimum atomic E-state index is -0.881. The maximum Gasteiger partial charge on any atom is 0.170 e. The number of unbranched alkanes of at least 4 members (excludes halogenated alkanes) is 20. The van der Waals surface area contributed by atoms with Crippen LogP contribution in [0, 0.1) is 30.2 Å². The Morgan fingerprint density at radius 1 is 0.417 bits per heavy atom. The van der Waals surface area contributed by atoms with Crippen LogP contribution >= 0.6 is 101 Å². The van der Waals surface area contributed by atoms with E-state index in [0.717, 1.165) is 61.7 Å². The van der Waals surface area contributed by atoms with E-state index >= 15 is 17.6 Å². The SMILES string of the molecule is C.C/C=C/c1ccc2c(c1)SC1C=C(/C=C/c3ccc(-c4c(F)c(F)c(-c5ccc(C)s5)c5nn(CCCCCCCC)nc45)s3)C=CC1N2CCCCCCCC.C=CC1=CC2Sc3cc(C=C)ccc3N(CCCCCCCC)C2C=C1.CCCCCCCCn1nc2c(-c3ccc(Br)s3)c(F)c(F)c(-c3ccc(Br)s3)c2n1. The van der Waals surface area contributed by atoms with E-state index in [1.54, 1.807) is 21.7 Å². The van der Waals surface area contributed by atoms with E-state index in [2.05, 4.69) is 197 Å². The topological polar surface area (TPSA) is 67.9 Å². The second-order valence-corrected chi connectivity index (χ2v) is 39.7. The molecule has 20 heteroatoms. The van der Waals surface area contributed by atoms with Crippen molar-refractivity contribution in [1.82, 2.24) is 30.0 Å². The fourth-order valence-electron chi connectivity index (χ4n) is 15.4. The van der Waals surface area contributed by atoms with Gasteiger partial charge in [0.05, 0.1) is 76.9 Å². The molecule has 0 saturated carbocycles. The van der Waals surface area contributed by atoms with E-state index in [0.29, 0.717) is 72.0 Å². The number of aryl methyl sites for hydroxylation is 3. The molecule has 4 atom stereocenters. The largest absolute Gasteiger partial charge is 0.363 e. The number of nitrogens with zero attached hydrogens (tertiary/aromatic N) is 8. The first-order chi connectivity index (χ1) is 55.6. The molecule has 2 aliphatic carbocycles. The summed E-state index contributed by atoms with van der Waals surface area (Å²) in [5.41, 5.74) is 9.94. The third-order valence-corrected chi connectivity index (χ3v) is 29.3. The fourth-order valence-corrected chi connectivity index (χ4v) is 22.9. The van der Waals surface area contributed by atoms with Gasteiger partial charge in [-0.25, -0.2) is 17.6 Å². The van der Waals surface area contributed by atoms with Gasteiger partial charge >= 0.3 is 0 Å². The van der Waals surface area contributed by atoms with Gasteiger partial charge in [0.1, 0.15) is 22.1 Å². The minimum Gasteiger partial charge on any atom is -0.363 e. The number of hydrogen-bond donors (Lipinski definition) is 0. The summed E-state index contributed by atoms with van der Waals surface area (Å²) in [5.74, 6) is -3.49. The Balaban J connectivity index is 0.000000188. The van der Waals surface area contributed by atoms with Gasteiger partial charge in [-0.2, -0.15) is 30.0 Å². The minimum absolute atomic E-state index is 0. The van der Waals surface area contributed by atoms with Gasteiger partial charge in [0, 0.05) is 52.1 Å². The van der Waals surface area contributed by atoms with Gasteiger partial charge in [-0.05, 0) is 173 Å². The maximum atomic E-state index is 16.3. The second-order valence-electron chi connectivity index (χ2n) is 29.9. The number of halogens is 6. The van der Waals surface area contributed by atoms with Crippen LogP contribution in [-0.2, 0) is 13.1 Å². The maximum absolute atomic E-state index is 16.3. The molecule has 10 aromatic rings. The first-order valence-electron chi connectivity index (χ1n) is 41.3. The van der Waals surface area contributed by atoms with Crippen molar-refractivity contribution < 1.29 is 17.6 Å². The van der Waals surface area contributed by atoms with Gasteiger partial charge in [0.15, 0.2) is 23.3 Å². The van der Waals surface area contributed by atoms with E-state index in [1.807, 2.05) is 79.0 Å². The zero-order valence-corrected chi connectivity index (χ0v) is 74.9. The van der Waals surface area contributed by atoms with Crippen molar-refractivity contribution >= 4 is 152 Å². The van der Waals surface area contributed by atoms with Crippen molar-refractivity contribution in [3.05, 3.63) is 216 Å². The van der Waals surface area contributed by atoms with Gasteiger partial charge in [0.2, 0.25) is 0 Å². The van der Waals surface area contributed by atoms with E-state index < -0.39 is 23.3 Å². The standard InChI is InChI=1S/C48H56F2N4S3.C24H31NS.C22H21Br2F2N3S2.CH4/c1-5-8-10-12-14-16-29-53-37-25-21-34(18-7-3)31-41(37)57-42-32-35(22-26-38(42)53)20-23-36-24-28-40(56-36)44-46(50)45(49)43(39-27-19-33(4)55-39)47-48(44)52-54(51-47)30-17-15-13-11-9-6-2;1-4-7-8-9-10-11-16-25-21-14-12-19(5-2)17-23(21)26-24-18-20(6-3)13-15-22(24)25;1-2-3-4-5-6-7-12-29-27-21-17(13-8-10-15(23)30-13)19(25)20(26)18(22(21)28-29)14-9-11-16(24)31-14;/h7,18-28,31-32,38,42H,5-6,8-17,29-30H2,1-4H3;5-6,12-15,17-18,21,23H,2-4,7-11,16H2,1H3;8-11H,2-7,12H2,1H3;1H4/b18-7+,23-20+;;;. The lowest BCUT2D eigenvalue weighted by molar-refractivity contribution is 0.488. The van der Waals surface area contributed by atoms with Crippen LogP contribution in [0.3, 0.4) is 0 Å². The zero-order chi connectivity index (χ0) is 80.0. The third kappa shape index (κ3) is 22.7. The number of rotatable bonds is 37. The summed E-state index contributed by atoms with van der Waals surface area (Å²) in [6.07, 6.45) is 55.9. The average Bonchev–Trinajstić information content (AvgIpc) is 1.63. The average molecular weight is 1790 g/mol. The molecule has 610 valence electrons. The number of benzene rings is 4. The lowest BCUT2D eigenvalue weighted by Gasteiger charge is -2.42. The highest BCUT2D eigenvalue weighted by Crippen LogP contribution is 2.50. The molecule has 0 bridgehead atoms. The summed E-state index contributed by atoms with van der Waals surface area (Å²) in [6.45, 7) is 24.3. The molecule has 0 fully saturated rings. The lowest BCUT2D eigenvalue weighted by Crippen LogP contribution is -2.45. The molecule has 0 spiro atoms. The number of anilines is 2. The van der Waals surface area contributed by atoms with Crippen LogP contribution in [0.1, 0.15) is 217 Å². The predicted octanol–water partition coefficient (Wildman–Crippen LogP) is 31.8. The number of thiophene rings is 4. The summed E-state index contributed by atoms with van der Waals surface area (Å²) in [7, 11) is 0. The van der Waals surface area contributed by atoms with Crippen LogP contribution in [0.4, 0.5) is 28.9 Å². The van der Waals surface area contributed by atoms with Crippen LogP contribution in [-0.4, -0.2) is 65.7 Å². The number of allylic oxidation sites excluding steroid dienone is 7. The summed E-state index contributed by atoms with van der Waals surface area (Å²) in [4.78, 5) is 15.8. The number of thioether (sulfide) groups is 2. The molecule has 0 amide bonds. The highest BCUT2D eigenvalue weighted by molar-refractivity contribution is 9.11. The van der Waals surface area contributed by atoms with Crippen molar-refractivity contribution in [2.24, 2.45) is 0 Å². The van der Waals surface area contributed by atoms with E-state index in [9.17, 15) is 0 Å². The van der Waals surface area contributed by atoms with Crippen LogP contribution in [0.15, 0.2) is 181 Å². The van der Waals surface area contributed by atoms with Gasteiger partial charge in [-0.1, -0.05) is 256 Å². The molecule has 0 radical (unpaired) electrons. The second kappa shape index (κ2) is 44.4. The van der Waals surface area contributed by atoms with Crippen molar-refractivity contribution in [3.8, 4) is 41.8 Å². The van der Waals surface area contributed by atoms with Crippen molar-refractivity contribution in [2.75, 3.05) is 22.9 Å². The Hall–Kier alpha value is -6.62. The molecule has 4 aromatic carbocycles. The quantitative estimate of drug-likeness (QED) is 0.0282. The highest BCUT2D eigenvalue weighted by atomic mass is 79.9. The van der Waals surface area contributed by atoms with E-state index in [4.69, 9.17) is 10.2 Å². The number of hydrogen-bond acceptors (Lipinski definition) is 12. The lowest BCUT2D eigenvalue weighted by atomic mass is 9.98. The highest BCUT2D eigenvalue weighted by Gasteiger charge is 2.37. The number of aromatic nitrogens is 6. The predicted molar refractivity (Wildman–Crippen MR) is 501 cm³/mol. The molecule has 8 heterocycles. The van der Waals surface area contributed by atoms with Gasteiger partial charge in [0.25, 0.3) is 0 Å². The molecule has 8 nitrogen and oxygen atoms in total. The molecule has 14 rings (SSSR count). The van der Waals surface area contributed by atoms with Crippen molar-refractivity contribution in [2.45, 2.75) is 249 Å². The molecular weight excluding hydrogens is 1680 g/mol. The first-order valence-corrected chi connectivity index (χ1v) is 48.0. The Kier molecular flexibility index (Phi) is 34.5. The molecule has 2 aliphatic heterocycles. The Labute approximate surface area is 722 Å². The normalized spacial score (nSPS) is 16.1. The van der Waals surface area contributed by atoms with Gasteiger partial charge in [-0.3, -0.25) is 0 Å². The number of fused-ring (bicyclic) bond motifs is 6. The molecule has 6 aromatic heterocycles. The fraction of sp³-hybridized carbons (Fsp3) is 0.411. The summed E-state index contributed by atoms with van der Waals surface area (Å²) >= 11 is 16.4. The molecular formula is C95H112Br2F4N8S6. The summed E-state index contributed by atoms with van der Waals surface area (Å²) in [5, 5.41) is 19.6. The van der Waals surface area contributed by atoms with Crippen LogP contribution in [0.25, 0.3) is 82.1 Å². The summed E-state index contributed by atoms with van der Waals surface area (Å²) in [6, 6.07) is 29.3. The van der Waals surface area contributed by atoms with E-state index in [1.165, 1.54) is 212 Å². The Morgan fingerprint density at radius 2 is 0.800 bits per heavy atom. The van der Waals surface area contributed by atoms with Crippen LogP contribution in [0.2, 0.25) is 0 Å². The van der Waals surface area contributed by atoms with E-state index in [-0.39, 0.29) is 34.9 Å². The Bertz CT molecular complexity index is 5000. The molecule has 4 unspecified atom stereocenters. The molecule has 0 saturated heterocycles. The monoisotopic (exact) mass is 1790 g/mol. The van der Waals surface area contributed by atoms with Crippen molar-refractivity contribution in [1.29, 1.82) is 0 Å². The summed E-state index contributed by atoms with van der Waals surface area (Å²) < 4.78 is 64.9. The molecule has 115 heavy (non-hydrogen) atoms. The van der Waals surface area contributed by atoms with Gasteiger partial charge in [-0.15, -0.1) is 68.9 Å². The molecule has 4 aliphatic rings. The molecule has 0 N–H and O–H groups in total. The zero-order valence-electron chi connectivity index (χ0n) is 66.8. The van der Waals surface area contributed by atoms with Crippen LogP contribution in [0.5, 0.6) is 0 Å². The first kappa shape index (κ1) is 89.2. The smallest absolute Gasteiger partial charge is 0.170 e.